The molecule has 9 heteroatoms. The number of hydrogen-bond donors (Lipinski definition) is 0. The Bertz CT molecular complexity index is 965. The fourth-order valence-electron chi connectivity index (χ4n) is 2.72. The highest BCUT2D eigenvalue weighted by Crippen LogP contribution is 2.28. The number of amides is 1. The van der Waals surface area contributed by atoms with E-state index in [0.717, 1.165) is 16.1 Å². The molecule has 0 bridgehead atoms. The van der Waals surface area contributed by atoms with Crippen LogP contribution in [-0.2, 0) is 27.9 Å². The summed E-state index contributed by atoms with van der Waals surface area (Å²) in [4.78, 5) is 14.0. The third-order valence-electron chi connectivity index (χ3n) is 4.38. The second-order valence-electron chi connectivity index (χ2n) is 6.56. The van der Waals surface area contributed by atoms with E-state index in [1.807, 2.05) is 0 Å². The largest absolute Gasteiger partial charge is 0.493 e. The number of likely N-dealkylation sites (N-methyl/N-ethyl adjacent to an activating group) is 1. The number of ether oxygens (including phenoxy) is 2. The third kappa shape index (κ3) is 6.16. The Morgan fingerprint density at radius 3 is 2.28 bits per heavy atom. The molecule has 29 heavy (non-hydrogen) atoms. The fraction of sp³-hybridized carbons (Fsp3) is 0.350. The Morgan fingerprint density at radius 1 is 1.03 bits per heavy atom. The molecular formula is C20H25FN2O5S. The summed E-state index contributed by atoms with van der Waals surface area (Å²) in [6.07, 6.45) is 0.995. The van der Waals surface area contributed by atoms with Crippen LogP contribution in [0.1, 0.15) is 11.1 Å². The molecule has 158 valence electrons. The van der Waals surface area contributed by atoms with E-state index in [9.17, 15) is 17.6 Å². The van der Waals surface area contributed by atoms with Gasteiger partial charge in [0.25, 0.3) is 0 Å². The Labute approximate surface area is 170 Å². The van der Waals surface area contributed by atoms with E-state index in [2.05, 4.69) is 0 Å². The first-order valence-corrected chi connectivity index (χ1v) is 10.6. The van der Waals surface area contributed by atoms with Crippen LogP contribution >= 0.6 is 0 Å². The van der Waals surface area contributed by atoms with Crippen molar-refractivity contribution in [3.63, 3.8) is 0 Å². The minimum atomic E-state index is -3.72. The molecule has 0 atom stereocenters. The van der Waals surface area contributed by atoms with Crippen molar-refractivity contribution < 1.29 is 27.1 Å². The maximum absolute atomic E-state index is 13.9. The van der Waals surface area contributed by atoms with Gasteiger partial charge in [-0.3, -0.25) is 4.79 Å². The van der Waals surface area contributed by atoms with Crippen LogP contribution in [-0.4, -0.2) is 57.6 Å². The van der Waals surface area contributed by atoms with Gasteiger partial charge >= 0.3 is 0 Å². The number of carbonyl (C=O) groups is 1. The average Bonchev–Trinajstić information content (AvgIpc) is 2.68. The average molecular weight is 424 g/mol. The van der Waals surface area contributed by atoms with Gasteiger partial charge in [0.1, 0.15) is 5.82 Å². The summed E-state index contributed by atoms with van der Waals surface area (Å²) in [5, 5.41) is 0. The molecule has 0 saturated carbocycles. The Morgan fingerprint density at radius 2 is 1.69 bits per heavy atom. The number of sulfonamides is 1. The van der Waals surface area contributed by atoms with E-state index in [4.69, 9.17) is 9.47 Å². The lowest BCUT2D eigenvalue weighted by Crippen LogP contribution is -2.40. The van der Waals surface area contributed by atoms with E-state index >= 15 is 0 Å². The van der Waals surface area contributed by atoms with E-state index in [1.54, 1.807) is 31.3 Å². The van der Waals surface area contributed by atoms with Crippen molar-refractivity contribution >= 4 is 15.9 Å². The highest BCUT2D eigenvalue weighted by atomic mass is 32.2. The Balaban J connectivity index is 2.11. The molecular weight excluding hydrogens is 399 g/mol. The molecule has 2 aromatic rings. The molecule has 0 heterocycles. The molecule has 0 unspecified atom stereocenters. The highest BCUT2D eigenvalue weighted by molar-refractivity contribution is 7.88. The maximum Gasteiger partial charge on any atom is 0.237 e. The van der Waals surface area contributed by atoms with Gasteiger partial charge in [0.15, 0.2) is 11.5 Å². The monoisotopic (exact) mass is 424 g/mol. The number of halogens is 1. The van der Waals surface area contributed by atoms with E-state index in [1.165, 1.54) is 37.3 Å². The van der Waals surface area contributed by atoms with E-state index in [0.29, 0.717) is 11.5 Å². The number of benzene rings is 2. The van der Waals surface area contributed by atoms with Gasteiger partial charge in [-0.25, -0.2) is 12.8 Å². The summed E-state index contributed by atoms with van der Waals surface area (Å²) in [5.41, 5.74) is 0.992. The maximum atomic E-state index is 13.9. The molecule has 2 aromatic carbocycles. The van der Waals surface area contributed by atoms with Crippen molar-refractivity contribution in [2.75, 3.05) is 34.1 Å². The number of rotatable bonds is 9. The van der Waals surface area contributed by atoms with Crippen molar-refractivity contribution in [2.24, 2.45) is 0 Å². The summed E-state index contributed by atoms with van der Waals surface area (Å²) in [6, 6.07) is 11.1. The predicted octanol–water partition coefficient (Wildman–Crippen LogP) is 2.26. The lowest BCUT2D eigenvalue weighted by Gasteiger charge is -2.24. The lowest BCUT2D eigenvalue weighted by molar-refractivity contribution is -0.130. The number of nitrogens with zero attached hydrogens (tertiary/aromatic N) is 2. The van der Waals surface area contributed by atoms with Crippen LogP contribution in [0.2, 0.25) is 0 Å². The molecule has 0 radical (unpaired) electrons. The van der Waals surface area contributed by atoms with Gasteiger partial charge in [-0.15, -0.1) is 0 Å². The second-order valence-corrected chi connectivity index (χ2v) is 8.54. The quantitative estimate of drug-likeness (QED) is 0.617. The summed E-state index contributed by atoms with van der Waals surface area (Å²) in [6.45, 7) is -0.366. The van der Waals surface area contributed by atoms with Crippen LogP contribution in [0.4, 0.5) is 4.39 Å². The normalized spacial score (nSPS) is 11.4. The molecule has 0 N–H and O–H groups in total. The predicted molar refractivity (Wildman–Crippen MR) is 108 cm³/mol. The first kappa shape index (κ1) is 22.6. The molecule has 7 nitrogen and oxygen atoms in total. The standard InChI is InChI=1S/C20H25FN2O5S/c1-22(12-15-9-10-18(27-2)19(11-15)28-3)20(24)14-23(29(4,25)26)13-16-7-5-6-8-17(16)21/h5-11H,12-14H2,1-4H3. The SMILES string of the molecule is COc1ccc(CN(C)C(=O)CN(Cc2ccccc2F)S(C)(=O)=O)cc1OC. The number of carbonyl (C=O) groups excluding carboxylic acids is 1. The minimum absolute atomic E-state index is 0.202. The molecule has 0 fully saturated rings. The van der Waals surface area contributed by atoms with Crippen LogP contribution in [0.25, 0.3) is 0 Å². The second kappa shape index (κ2) is 9.71. The molecule has 0 saturated heterocycles. The van der Waals surface area contributed by atoms with Crippen molar-refractivity contribution in [2.45, 2.75) is 13.1 Å². The number of methoxy groups -OCH3 is 2. The van der Waals surface area contributed by atoms with Crippen LogP contribution < -0.4 is 9.47 Å². The van der Waals surface area contributed by atoms with Gasteiger partial charge in [-0.1, -0.05) is 24.3 Å². The molecule has 2 rings (SSSR count). The summed E-state index contributed by atoms with van der Waals surface area (Å²) >= 11 is 0. The van der Waals surface area contributed by atoms with Crippen LogP contribution in [0, 0.1) is 5.82 Å². The van der Waals surface area contributed by atoms with Crippen molar-refractivity contribution in [1.29, 1.82) is 0 Å². The molecule has 0 aliphatic heterocycles. The fourth-order valence-corrected chi connectivity index (χ4v) is 3.44. The minimum Gasteiger partial charge on any atom is -0.493 e. The molecule has 0 spiro atoms. The van der Waals surface area contributed by atoms with Crippen molar-refractivity contribution in [1.82, 2.24) is 9.21 Å². The van der Waals surface area contributed by atoms with Crippen molar-refractivity contribution in [3.8, 4) is 11.5 Å². The van der Waals surface area contributed by atoms with Crippen molar-refractivity contribution in [3.05, 3.63) is 59.4 Å². The van der Waals surface area contributed by atoms with E-state index in [-0.39, 0.29) is 18.7 Å². The first-order valence-electron chi connectivity index (χ1n) is 8.79. The molecule has 1 amide bonds. The third-order valence-corrected chi connectivity index (χ3v) is 5.57. The summed E-state index contributed by atoms with van der Waals surface area (Å²) in [7, 11) is 0.901. The van der Waals surface area contributed by atoms with Gasteiger partial charge in [0.05, 0.1) is 27.0 Å². The van der Waals surface area contributed by atoms with Gasteiger partial charge < -0.3 is 14.4 Å². The smallest absolute Gasteiger partial charge is 0.237 e. The molecule has 0 aromatic heterocycles. The van der Waals surface area contributed by atoms with Crippen LogP contribution in [0.3, 0.4) is 0 Å². The van der Waals surface area contributed by atoms with E-state index < -0.39 is 28.3 Å². The summed E-state index contributed by atoms with van der Waals surface area (Å²) in [5.74, 6) is 0.162. The highest BCUT2D eigenvalue weighted by Gasteiger charge is 2.23. The van der Waals surface area contributed by atoms with Gasteiger partial charge in [-0.2, -0.15) is 4.31 Å². The molecule has 0 aliphatic carbocycles. The zero-order valence-electron chi connectivity index (χ0n) is 16.9. The lowest BCUT2D eigenvalue weighted by atomic mass is 10.2. The summed E-state index contributed by atoms with van der Waals surface area (Å²) < 4.78 is 49.6. The van der Waals surface area contributed by atoms with Gasteiger partial charge in [-0.05, 0) is 23.8 Å². The Kier molecular flexibility index (Phi) is 7.58. The van der Waals surface area contributed by atoms with Crippen LogP contribution in [0.15, 0.2) is 42.5 Å². The molecule has 0 aliphatic rings. The zero-order chi connectivity index (χ0) is 21.6. The topological polar surface area (TPSA) is 76.2 Å². The number of hydrogen-bond acceptors (Lipinski definition) is 5. The van der Waals surface area contributed by atoms with Gasteiger partial charge in [0.2, 0.25) is 15.9 Å². The van der Waals surface area contributed by atoms with Crippen LogP contribution in [0.5, 0.6) is 11.5 Å². The van der Waals surface area contributed by atoms with Gasteiger partial charge in [0, 0.05) is 25.7 Å². The Hall–Kier alpha value is -2.65. The first-order chi connectivity index (χ1) is 13.7. The zero-order valence-corrected chi connectivity index (χ0v) is 17.7.